The number of rotatable bonds is 4. The van der Waals surface area contributed by atoms with E-state index in [1.807, 2.05) is 24.3 Å². The fourth-order valence-corrected chi connectivity index (χ4v) is 1.54. The van der Waals surface area contributed by atoms with E-state index in [1.54, 1.807) is 7.11 Å². The van der Waals surface area contributed by atoms with Crippen LogP contribution in [-0.2, 0) is 6.42 Å². The predicted octanol–water partition coefficient (Wildman–Crippen LogP) is 1.97. The first-order chi connectivity index (χ1) is 8.20. The first kappa shape index (κ1) is 11.2. The molecule has 2 aromatic rings. The van der Waals surface area contributed by atoms with Crippen molar-refractivity contribution in [2.75, 3.05) is 7.11 Å². The maximum absolute atomic E-state index is 10.9. The second kappa shape index (κ2) is 4.69. The maximum atomic E-state index is 10.9. The van der Waals surface area contributed by atoms with E-state index in [9.17, 15) is 4.79 Å². The van der Waals surface area contributed by atoms with Crippen LogP contribution in [0.1, 0.15) is 21.6 Å². The minimum Gasteiger partial charge on any atom is -0.497 e. The topological polar surface area (TPSA) is 72.6 Å². The van der Waals surface area contributed by atoms with Gasteiger partial charge in [-0.15, -0.1) is 0 Å². The number of nitrogens with zero attached hydrogens (tertiary/aromatic N) is 1. The van der Waals surface area contributed by atoms with Crippen molar-refractivity contribution in [1.29, 1.82) is 0 Å². The van der Waals surface area contributed by atoms with Crippen LogP contribution in [0, 0.1) is 0 Å². The van der Waals surface area contributed by atoms with Gasteiger partial charge in [0.1, 0.15) is 23.3 Å². The summed E-state index contributed by atoms with van der Waals surface area (Å²) < 4.78 is 9.77. The van der Waals surface area contributed by atoms with Crippen LogP contribution < -0.4 is 4.74 Å². The van der Waals surface area contributed by atoms with Crippen LogP contribution in [0.3, 0.4) is 0 Å². The zero-order valence-corrected chi connectivity index (χ0v) is 9.21. The van der Waals surface area contributed by atoms with Crippen molar-refractivity contribution in [3.05, 3.63) is 47.3 Å². The van der Waals surface area contributed by atoms with Gasteiger partial charge in [0.25, 0.3) is 0 Å². The van der Waals surface area contributed by atoms with Gasteiger partial charge in [-0.3, -0.25) is 0 Å². The van der Waals surface area contributed by atoms with Gasteiger partial charge in [0.2, 0.25) is 0 Å². The Morgan fingerprint density at radius 2 is 2.35 bits per heavy atom. The Bertz CT molecular complexity index is 533. The van der Waals surface area contributed by atoms with E-state index >= 15 is 0 Å². The van der Waals surface area contributed by atoms with Gasteiger partial charge in [-0.2, -0.15) is 0 Å². The first-order valence-corrected chi connectivity index (χ1v) is 5.00. The highest BCUT2D eigenvalue weighted by atomic mass is 16.5. The number of hydrogen-bond acceptors (Lipinski definition) is 4. The van der Waals surface area contributed by atoms with E-state index in [2.05, 4.69) is 9.68 Å². The molecule has 0 saturated heterocycles. The number of aromatic carboxylic acids is 1. The van der Waals surface area contributed by atoms with Crippen molar-refractivity contribution >= 4 is 5.97 Å². The fourth-order valence-electron chi connectivity index (χ4n) is 1.54. The second-order valence-electron chi connectivity index (χ2n) is 3.51. The van der Waals surface area contributed by atoms with Gasteiger partial charge in [0.15, 0.2) is 0 Å². The van der Waals surface area contributed by atoms with Crippen LogP contribution in [0.15, 0.2) is 35.1 Å². The monoisotopic (exact) mass is 233 g/mol. The van der Waals surface area contributed by atoms with Crippen molar-refractivity contribution in [2.24, 2.45) is 0 Å². The molecule has 0 aliphatic rings. The average Bonchev–Trinajstić information content (AvgIpc) is 2.77. The third-order valence-electron chi connectivity index (χ3n) is 2.38. The van der Waals surface area contributed by atoms with Gasteiger partial charge in [0.05, 0.1) is 7.11 Å². The summed E-state index contributed by atoms with van der Waals surface area (Å²) in [6.45, 7) is 0. The molecule has 0 amide bonds. The van der Waals surface area contributed by atoms with E-state index in [4.69, 9.17) is 9.84 Å². The van der Waals surface area contributed by atoms with E-state index in [-0.39, 0.29) is 5.56 Å². The summed E-state index contributed by atoms with van der Waals surface area (Å²) in [4.78, 5) is 10.9. The Kier molecular flexibility index (Phi) is 3.09. The van der Waals surface area contributed by atoms with Crippen molar-refractivity contribution in [3.63, 3.8) is 0 Å². The second-order valence-corrected chi connectivity index (χ2v) is 3.51. The van der Waals surface area contributed by atoms with Crippen LogP contribution in [0.25, 0.3) is 0 Å². The summed E-state index contributed by atoms with van der Waals surface area (Å²) in [6, 6.07) is 7.38. The molecule has 17 heavy (non-hydrogen) atoms. The quantitative estimate of drug-likeness (QED) is 0.874. The molecule has 1 heterocycles. The lowest BCUT2D eigenvalue weighted by Crippen LogP contribution is -2.01. The first-order valence-electron chi connectivity index (χ1n) is 5.00. The lowest BCUT2D eigenvalue weighted by molar-refractivity contribution is 0.0695. The smallest absolute Gasteiger partial charge is 0.340 e. The van der Waals surface area contributed by atoms with Crippen LogP contribution in [0.2, 0.25) is 0 Å². The van der Waals surface area contributed by atoms with Crippen LogP contribution in [-0.4, -0.2) is 23.3 Å². The van der Waals surface area contributed by atoms with Gasteiger partial charge >= 0.3 is 5.97 Å². The molecular formula is C12H11NO4. The van der Waals surface area contributed by atoms with Crippen LogP contribution in [0.4, 0.5) is 0 Å². The molecule has 0 fully saturated rings. The molecule has 0 bridgehead atoms. The zero-order valence-electron chi connectivity index (χ0n) is 9.21. The molecule has 0 spiro atoms. The predicted molar refractivity (Wildman–Crippen MR) is 59.3 cm³/mol. The van der Waals surface area contributed by atoms with Gasteiger partial charge < -0.3 is 14.4 Å². The van der Waals surface area contributed by atoms with E-state index in [1.165, 1.54) is 0 Å². The van der Waals surface area contributed by atoms with Gasteiger partial charge in [-0.1, -0.05) is 17.3 Å². The summed E-state index contributed by atoms with van der Waals surface area (Å²) in [6.07, 6.45) is 1.53. The lowest BCUT2D eigenvalue weighted by Gasteiger charge is -2.02. The highest BCUT2D eigenvalue weighted by Gasteiger charge is 2.14. The van der Waals surface area contributed by atoms with E-state index in [0.29, 0.717) is 12.1 Å². The number of carboxylic acid groups (broad SMARTS) is 1. The Labute approximate surface area is 97.6 Å². The number of hydrogen-bond donors (Lipinski definition) is 1. The molecular weight excluding hydrogens is 222 g/mol. The van der Waals surface area contributed by atoms with Gasteiger partial charge in [-0.05, 0) is 17.7 Å². The molecule has 0 radical (unpaired) electrons. The molecule has 0 unspecified atom stereocenters. The summed E-state index contributed by atoms with van der Waals surface area (Å²) in [5.41, 5.74) is 1.42. The number of carboxylic acids is 1. The average molecular weight is 233 g/mol. The minimum atomic E-state index is -1.04. The minimum absolute atomic E-state index is 0.0906. The Morgan fingerprint density at radius 1 is 1.53 bits per heavy atom. The lowest BCUT2D eigenvalue weighted by atomic mass is 10.1. The molecule has 0 aliphatic heterocycles. The van der Waals surface area contributed by atoms with E-state index in [0.717, 1.165) is 17.6 Å². The molecule has 88 valence electrons. The molecule has 0 saturated carbocycles. The Balaban J connectivity index is 2.25. The molecule has 0 aliphatic carbocycles. The summed E-state index contributed by atoms with van der Waals surface area (Å²) in [5, 5.41) is 12.6. The standard InChI is InChI=1S/C12H11NO4/c1-16-9-4-2-3-8(5-9)6-11-10(12(14)15)7-17-13-11/h2-5,7H,6H2,1H3,(H,14,15). The number of aromatic nitrogens is 1. The van der Waals surface area contributed by atoms with Crippen molar-refractivity contribution in [1.82, 2.24) is 5.16 Å². The summed E-state index contributed by atoms with van der Waals surface area (Å²) >= 11 is 0. The van der Waals surface area contributed by atoms with Gasteiger partial charge in [-0.25, -0.2) is 4.79 Å². The molecule has 1 N–H and O–H groups in total. The zero-order chi connectivity index (χ0) is 12.3. The van der Waals surface area contributed by atoms with Gasteiger partial charge in [0, 0.05) is 6.42 Å². The van der Waals surface area contributed by atoms with Crippen molar-refractivity contribution in [3.8, 4) is 5.75 Å². The van der Waals surface area contributed by atoms with Crippen LogP contribution in [0.5, 0.6) is 5.75 Å². The largest absolute Gasteiger partial charge is 0.497 e. The van der Waals surface area contributed by atoms with E-state index < -0.39 is 5.97 Å². The maximum Gasteiger partial charge on any atom is 0.340 e. The number of ether oxygens (including phenoxy) is 1. The molecule has 2 rings (SSSR count). The highest BCUT2D eigenvalue weighted by molar-refractivity contribution is 5.88. The third-order valence-corrected chi connectivity index (χ3v) is 2.38. The number of carbonyl (C=O) groups is 1. The normalized spacial score (nSPS) is 10.2. The Hall–Kier alpha value is -2.30. The van der Waals surface area contributed by atoms with Crippen LogP contribution >= 0.6 is 0 Å². The summed E-state index contributed by atoms with van der Waals surface area (Å²) in [5.74, 6) is -0.313. The molecule has 1 aromatic carbocycles. The molecule has 1 aromatic heterocycles. The van der Waals surface area contributed by atoms with Crippen molar-refractivity contribution < 1.29 is 19.2 Å². The number of benzene rings is 1. The Morgan fingerprint density at radius 3 is 3.06 bits per heavy atom. The molecule has 0 atom stereocenters. The molecule has 5 heteroatoms. The summed E-state index contributed by atoms with van der Waals surface area (Å²) in [7, 11) is 1.58. The highest BCUT2D eigenvalue weighted by Crippen LogP contribution is 2.17. The SMILES string of the molecule is COc1cccc(Cc2nocc2C(=O)O)c1. The fraction of sp³-hybridized carbons (Fsp3) is 0.167. The molecule has 5 nitrogen and oxygen atoms in total. The van der Waals surface area contributed by atoms with Crippen molar-refractivity contribution in [2.45, 2.75) is 6.42 Å². The number of methoxy groups -OCH3 is 1. The third kappa shape index (κ3) is 2.44.